The first-order valence-corrected chi connectivity index (χ1v) is 12.6. The molecule has 5 rings (SSSR count). The molecular formula is C25H29N5O5S. The van der Waals surface area contributed by atoms with Crippen molar-refractivity contribution in [1.29, 1.82) is 0 Å². The van der Waals surface area contributed by atoms with Gasteiger partial charge in [0.05, 0.1) is 48.9 Å². The maximum absolute atomic E-state index is 13.1. The number of fused-ring (bicyclic) bond motifs is 13. The SMILES string of the molecule is Cc1cccc2c1OCCOCCOCCN(C)S(=O)c1ccc(cc1)-c1cnc(N)c(n1)C(=O)N2. The van der Waals surface area contributed by atoms with Crippen molar-refractivity contribution >= 4 is 28.4 Å². The Hall–Kier alpha value is -3.38. The van der Waals surface area contributed by atoms with E-state index in [0.29, 0.717) is 67.2 Å². The van der Waals surface area contributed by atoms with Gasteiger partial charge in [0, 0.05) is 19.2 Å². The number of nitrogens with zero attached hydrogens (tertiary/aromatic N) is 3. The van der Waals surface area contributed by atoms with E-state index in [-0.39, 0.29) is 11.5 Å². The molecular weight excluding hydrogens is 482 g/mol. The Labute approximate surface area is 212 Å². The molecule has 1 unspecified atom stereocenters. The molecule has 2 aliphatic rings. The lowest BCUT2D eigenvalue weighted by atomic mass is 10.1. The van der Waals surface area contributed by atoms with Gasteiger partial charge < -0.3 is 25.3 Å². The van der Waals surface area contributed by atoms with Crippen LogP contribution >= 0.6 is 0 Å². The van der Waals surface area contributed by atoms with Crippen LogP contribution in [0.15, 0.2) is 53.6 Å². The lowest BCUT2D eigenvalue weighted by Gasteiger charge is -2.17. The summed E-state index contributed by atoms with van der Waals surface area (Å²) in [6.45, 7) is 4.29. The monoisotopic (exact) mass is 511 g/mol. The van der Waals surface area contributed by atoms with Crippen molar-refractivity contribution in [3.8, 4) is 17.0 Å². The molecule has 0 radical (unpaired) electrons. The molecule has 4 bridgehead atoms. The molecule has 36 heavy (non-hydrogen) atoms. The van der Waals surface area contributed by atoms with Crippen LogP contribution in [0, 0.1) is 6.92 Å². The molecule has 0 fully saturated rings. The van der Waals surface area contributed by atoms with Gasteiger partial charge in [-0.2, -0.15) is 0 Å². The van der Waals surface area contributed by atoms with Crippen LogP contribution in [0.25, 0.3) is 11.3 Å². The molecule has 0 saturated heterocycles. The summed E-state index contributed by atoms with van der Waals surface area (Å²) in [4.78, 5) is 22.4. The summed E-state index contributed by atoms with van der Waals surface area (Å²) in [5, 5.41) is 2.84. The summed E-state index contributed by atoms with van der Waals surface area (Å²) in [6, 6.07) is 12.6. The van der Waals surface area contributed by atoms with Crippen LogP contribution in [-0.2, 0) is 20.5 Å². The Morgan fingerprint density at radius 2 is 1.75 bits per heavy atom. The van der Waals surface area contributed by atoms with Crippen molar-refractivity contribution in [3.05, 3.63) is 59.9 Å². The van der Waals surface area contributed by atoms with Crippen LogP contribution in [-0.4, -0.2) is 71.0 Å². The number of ether oxygens (including phenoxy) is 3. The number of benzene rings is 2. The van der Waals surface area contributed by atoms with Crippen LogP contribution in [0.5, 0.6) is 5.75 Å². The Bertz CT molecular complexity index is 1240. The van der Waals surface area contributed by atoms with Crippen molar-refractivity contribution in [3.63, 3.8) is 0 Å². The highest BCUT2D eigenvalue weighted by Gasteiger charge is 2.18. The van der Waals surface area contributed by atoms with Crippen molar-refractivity contribution < 1.29 is 23.2 Å². The molecule has 3 heterocycles. The minimum Gasteiger partial charge on any atom is -0.489 e. The number of anilines is 2. The number of carbonyl (C=O) groups excluding carboxylic acids is 1. The number of hydrogen-bond acceptors (Lipinski definition) is 8. The third kappa shape index (κ3) is 6.24. The third-order valence-electron chi connectivity index (χ3n) is 5.51. The first-order chi connectivity index (χ1) is 17.4. The lowest BCUT2D eigenvalue weighted by molar-refractivity contribution is 0.0349. The Morgan fingerprint density at radius 3 is 2.53 bits per heavy atom. The maximum atomic E-state index is 13.1. The molecule has 11 heteroatoms. The highest BCUT2D eigenvalue weighted by Crippen LogP contribution is 2.29. The van der Waals surface area contributed by atoms with E-state index in [0.717, 1.165) is 5.56 Å². The molecule has 1 amide bonds. The van der Waals surface area contributed by atoms with E-state index >= 15 is 0 Å². The molecule has 1 aromatic heterocycles. The van der Waals surface area contributed by atoms with E-state index in [2.05, 4.69) is 15.3 Å². The van der Waals surface area contributed by atoms with Gasteiger partial charge in [0.1, 0.15) is 23.3 Å². The fourth-order valence-corrected chi connectivity index (χ4v) is 4.52. The van der Waals surface area contributed by atoms with Crippen LogP contribution in [0.1, 0.15) is 16.1 Å². The van der Waals surface area contributed by atoms with Gasteiger partial charge in [-0.25, -0.2) is 18.5 Å². The lowest BCUT2D eigenvalue weighted by Crippen LogP contribution is -2.26. The number of aromatic nitrogens is 2. The molecule has 10 nitrogen and oxygen atoms in total. The van der Waals surface area contributed by atoms with Crippen LogP contribution in [0.4, 0.5) is 11.5 Å². The molecule has 2 aliphatic heterocycles. The number of aryl methyl sites for hydroxylation is 1. The molecule has 0 spiro atoms. The number of carbonyl (C=O) groups is 1. The maximum Gasteiger partial charge on any atom is 0.278 e. The van der Waals surface area contributed by atoms with E-state index in [9.17, 15) is 9.00 Å². The van der Waals surface area contributed by atoms with Crippen molar-refractivity contribution in [2.45, 2.75) is 11.8 Å². The number of nitrogens with two attached hydrogens (primary N) is 1. The highest BCUT2D eigenvalue weighted by molar-refractivity contribution is 7.82. The minimum absolute atomic E-state index is 0.00202. The average molecular weight is 512 g/mol. The van der Waals surface area contributed by atoms with Gasteiger partial charge >= 0.3 is 0 Å². The van der Waals surface area contributed by atoms with Gasteiger partial charge in [-0.3, -0.25) is 4.79 Å². The molecule has 190 valence electrons. The Kier molecular flexibility index (Phi) is 8.60. The smallest absolute Gasteiger partial charge is 0.278 e. The average Bonchev–Trinajstić information content (AvgIpc) is 2.88. The Morgan fingerprint density at radius 1 is 1.03 bits per heavy atom. The minimum atomic E-state index is -1.35. The number of para-hydroxylation sites is 1. The summed E-state index contributed by atoms with van der Waals surface area (Å²) in [5.41, 5.74) is 8.53. The van der Waals surface area contributed by atoms with E-state index in [4.69, 9.17) is 19.9 Å². The largest absolute Gasteiger partial charge is 0.489 e. The van der Waals surface area contributed by atoms with Crippen LogP contribution in [0.3, 0.4) is 0 Å². The molecule has 3 aromatic rings. The van der Waals surface area contributed by atoms with E-state index < -0.39 is 16.9 Å². The fraction of sp³-hybridized carbons (Fsp3) is 0.320. The second kappa shape index (κ2) is 12.0. The van der Waals surface area contributed by atoms with E-state index in [1.807, 2.05) is 19.1 Å². The number of nitrogen functional groups attached to an aromatic ring is 1. The number of likely N-dealkylation sites (N-methyl/N-ethyl adjacent to an activating group) is 1. The zero-order valence-corrected chi connectivity index (χ0v) is 21.0. The first-order valence-electron chi connectivity index (χ1n) is 11.5. The van der Waals surface area contributed by atoms with Crippen LogP contribution in [0.2, 0.25) is 0 Å². The summed E-state index contributed by atoms with van der Waals surface area (Å²) in [7, 11) is 0.422. The fourth-order valence-electron chi connectivity index (χ4n) is 3.55. The first kappa shape index (κ1) is 25.7. The zero-order chi connectivity index (χ0) is 25.5. The van der Waals surface area contributed by atoms with Crippen molar-refractivity contribution in [2.75, 3.05) is 57.7 Å². The second-order valence-electron chi connectivity index (χ2n) is 8.09. The summed E-state index contributed by atoms with van der Waals surface area (Å²) < 4.78 is 31.6. The number of rotatable bonds is 0. The number of amides is 1. The van der Waals surface area contributed by atoms with Gasteiger partial charge in [0.15, 0.2) is 11.5 Å². The predicted octanol–water partition coefficient (Wildman–Crippen LogP) is 2.67. The van der Waals surface area contributed by atoms with Gasteiger partial charge in [-0.15, -0.1) is 0 Å². The van der Waals surface area contributed by atoms with E-state index in [1.54, 1.807) is 41.7 Å². The summed E-state index contributed by atoms with van der Waals surface area (Å²) in [6.07, 6.45) is 1.50. The highest BCUT2D eigenvalue weighted by atomic mass is 32.2. The second-order valence-corrected chi connectivity index (χ2v) is 9.69. The van der Waals surface area contributed by atoms with Gasteiger partial charge in [0.25, 0.3) is 5.91 Å². The summed E-state index contributed by atoms with van der Waals surface area (Å²) >= 11 is 0. The van der Waals surface area contributed by atoms with Gasteiger partial charge in [-0.1, -0.05) is 24.3 Å². The molecule has 1 atom stereocenters. The van der Waals surface area contributed by atoms with Crippen molar-refractivity contribution in [2.24, 2.45) is 0 Å². The third-order valence-corrected chi connectivity index (χ3v) is 6.93. The van der Waals surface area contributed by atoms with Gasteiger partial charge in [-0.05, 0) is 30.7 Å². The zero-order valence-electron chi connectivity index (χ0n) is 20.2. The number of hydrogen-bond donors (Lipinski definition) is 2. The van der Waals surface area contributed by atoms with Gasteiger partial charge in [0.2, 0.25) is 0 Å². The van der Waals surface area contributed by atoms with Crippen LogP contribution < -0.4 is 15.8 Å². The molecule has 0 aliphatic carbocycles. The predicted molar refractivity (Wildman–Crippen MR) is 137 cm³/mol. The summed E-state index contributed by atoms with van der Waals surface area (Å²) in [5.74, 6) is 0.0464. The quantitative estimate of drug-likeness (QED) is 0.441. The molecule has 2 aromatic carbocycles. The van der Waals surface area contributed by atoms with E-state index in [1.165, 1.54) is 6.20 Å². The van der Waals surface area contributed by atoms with Crippen molar-refractivity contribution in [1.82, 2.24) is 14.3 Å². The molecule has 3 N–H and O–H groups in total. The topological polar surface area (TPSA) is 129 Å². The Balaban J connectivity index is 1.64. The normalized spacial score (nSPS) is 18.3. The number of nitrogens with one attached hydrogen (secondary N) is 1. The standard InChI is InChI=1S/C25H29N5O5S/c1-17-4-3-5-20-23(17)35-15-14-34-13-12-33-11-10-30(2)36(32)19-8-6-18(7-9-19)21-16-27-24(26)22(28-21)25(31)29-20/h3-9,16H,10-15H2,1-2H3,(H2,26,27)(H,29,31). The molecule has 0 saturated carbocycles.